The Labute approximate surface area is 147 Å². The van der Waals surface area contributed by atoms with Crippen LogP contribution in [0.25, 0.3) is 0 Å². The van der Waals surface area contributed by atoms with Crippen molar-refractivity contribution in [3.05, 3.63) is 33.9 Å². The molecule has 25 heavy (non-hydrogen) atoms. The van der Waals surface area contributed by atoms with Crippen LogP contribution in [0.3, 0.4) is 0 Å². The van der Waals surface area contributed by atoms with Crippen molar-refractivity contribution in [3.8, 4) is 0 Å². The van der Waals surface area contributed by atoms with Gasteiger partial charge in [-0.2, -0.15) is 23.4 Å². The summed E-state index contributed by atoms with van der Waals surface area (Å²) in [4.78, 5) is 11.9. The molecule has 0 spiro atoms. The van der Waals surface area contributed by atoms with E-state index >= 15 is 0 Å². The third-order valence-corrected chi connectivity index (χ3v) is 4.25. The third-order valence-electron chi connectivity index (χ3n) is 3.80. The van der Waals surface area contributed by atoms with E-state index in [9.17, 15) is 18.0 Å². The average Bonchev–Trinajstić information content (AvgIpc) is 3.04. The van der Waals surface area contributed by atoms with Gasteiger partial charge in [-0.15, -0.1) is 0 Å². The number of amides is 1. The highest BCUT2D eigenvalue weighted by atomic mass is 35.5. The highest BCUT2D eigenvalue weighted by molar-refractivity contribution is 6.31. The molecule has 0 fully saturated rings. The molecule has 2 aromatic rings. The summed E-state index contributed by atoms with van der Waals surface area (Å²) in [5.74, 6) is -0.289. The van der Waals surface area contributed by atoms with Gasteiger partial charge in [-0.25, -0.2) is 0 Å². The zero-order valence-electron chi connectivity index (χ0n) is 14.1. The van der Waals surface area contributed by atoms with Gasteiger partial charge in [0.2, 0.25) is 5.91 Å². The maximum absolute atomic E-state index is 12.8. The van der Waals surface area contributed by atoms with Crippen molar-refractivity contribution in [1.82, 2.24) is 24.9 Å². The second-order valence-electron chi connectivity index (χ2n) is 5.59. The fourth-order valence-electron chi connectivity index (χ4n) is 2.31. The van der Waals surface area contributed by atoms with E-state index < -0.39 is 16.9 Å². The van der Waals surface area contributed by atoms with Crippen LogP contribution in [0.5, 0.6) is 0 Å². The number of halogens is 4. The van der Waals surface area contributed by atoms with E-state index in [1.54, 1.807) is 4.68 Å². The summed E-state index contributed by atoms with van der Waals surface area (Å²) in [5.41, 5.74) is 0.774. The van der Waals surface area contributed by atoms with Gasteiger partial charge in [-0.05, 0) is 20.8 Å². The van der Waals surface area contributed by atoms with Crippen molar-refractivity contribution in [2.45, 2.75) is 53.0 Å². The lowest BCUT2D eigenvalue weighted by Gasteiger charge is -2.06. The molecule has 0 saturated carbocycles. The Morgan fingerprint density at radius 2 is 2.00 bits per heavy atom. The number of nitrogens with zero attached hydrogens (tertiary/aromatic N) is 4. The van der Waals surface area contributed by atoms with Gasteiger partial charge in [0.15, 0.2) is 5.69 Å². The highest BCUT2D eigenvalue weighted by Crippen LogP contribution is 2.35. The smallest absolute Gasteiger partial charge is 0.352 e. The van der Waals surface area contributed by atoms with Crippen LogP contribution in [0.4, 0.5) is 13.2 Å². The standard InChI is InChI=1S/C15H19ClF3N5O/c1-4-23-8-11(9(2)21-23)7-20-12(25)5-6-24-10(3)13(16)14(22-24)15(17,18)19/h8H,4-7H2,1-3H3,(H,20,25). The summed E-state index contributed by atoms with van der Waals surface area (Å²) in [6, 6.07) is 0. The Balaban J connectivity index is 1.93. The Morgan fingerprint density at radius 1 is 1.32 bits per heavy atom. The highest BCUT2D eigenvalue weighted by Gasteiger charge is 2.38. The first kappa shape index (κ1) is 19.3. The number of aryl methyl sites for hydroxylation is 3. The molecule has 0 aliphatic carbocycles. The van der Waals surface area contributed by atoms with Crippen LogP contribution in [-0.4, -0.2) is 25.5 Å². The quantitative estimate of drug-likeness (QED) is 0.841. The first-order valence-electron chi connectivity index (χ1n) is 7.73. The largest absolute Gasteiger partial charge is 0.436 e. The topological polar surface area (TPSA) is 64.7 Å². The molecular weight excluding hydrogens is 359 g/mol. The normalized spacial score (nSPS) is 11.8. The van der Waals surface area contributed by atoms with Crippen molar-refractivity contribution >= 4 is 17.5 Å². The van der Waals surface area contributed by atoms with E-state index in [2.05, 4.69) is 15.5 Å². The molecule has 0 aromatic carbocycles. The average molecular weight is 378 g/mol. The number of nitrogens with one attached hydrogen (secondary N) is 1. The monoisotopic (exact) mass is 377 g/mol. The van der Waals surface area contributed by atoms with Gasteiger partial charge in [0.25, 0.3) is 0 Å². The number of aromatic nitrogens is 4. The van der Waals surface area contributed by atoms with Gasteiger partial charge in [0.05, 0.1) is 23.0 Å². The molecule has 0 saturated heterocycles. The van der Waals surface area contributed by atoms with Gasteiger partial charge in [-0.3, -0.25) is 14.2 Å². The van der Waals surface area contributed by atoms with Crippen LogP contribution in [0.2, 0.25) is 5.02 Å². The van der Waals surface area contributed by atoms with Crippen LogP contribution in [0, 0.1) is 13.8 Å². The van der Waals surface area contributed by atoms with E-state index in [-0.39, 0.29) is 24.6 Å². The molecule has 0 bridgehead atoms. The Bertz CT molecular complexity index is 766. The van der Waals surface area contributed by atoms with Gasteiger partial charge in [-0.1, -0.05) is 11.6 Å². The third kappa shape index (κ3) is 4.53. The van der Waals surface area contributed by atoms with E-state index in [1.165, 1.54) is 6.92 Å². The molecule has 0 atom stereocenters. The number of hydrogen-bond donors (Lipinski definition) is 1. The minimum atomic E-state index is -4.62. The van der Waals surface area contributed by atoms with E-state index in [1.807, 2.05) is 20.0 Å². The number of carbonyl (C=O) groups excluding carboxylic acids is 1. The molecule has 0 aliphatic rings. The number of carbonyl (C=O) groups is 1. The van der Waals surface area contributed by atoms with Gasteiger partial charge >= 0.3 is 6.18 Å². The molecule has 2 aromatic heterocycles. The molecule has 2 heterocycles. The van der Waals surface area contributed by atoms with Gasteiger partial charge in [0, 0.05) is 31.3 Å². The summed E-state index contributed by atoms with van der Waals surface area (Å²) < 4.78 is 41.2. The molecule has 10 heteroatoms. The molecule has 1 N–H and O–H groups in total. The Morgan fingerprint density at radius 3 is 2.52 bits per heavy atom. The SMILES string of the molecule is CCn1cc(CNC(=O)CCn2nc(C(F)(F)F)c(Cl)c2C)c(C)n1. The Hall–Kier alpha value is -2.03. The maximum atomic E-state index is 12.8. The first-order valence-corrected chi connectivity index (χ1v) is 8.11. The fraction of sp³-hybridized carbons (Fsp3) is 0.533. The van der Waals surface area contributed by atoms with Gasteiger partial charge < -0.3 is 5.32 Å². The van der Waals surface area contributed by atoms with Crippen LogP contribution >= 0.6 is 11.6 Å². The maximum Gasteiger partial charge on any atom is 0.436 e. The van der Waals surface area contributed by atoms with Crippen LogP contribution in [0.15, 0.2) is 6.20 Å². The molecule has 2 rings (SSSR count). The van der Waals surface area contributed by atoms with Crippen LogP contribution in [0.1, 0.15) is 36.0 Å². The van der Waals surface area contributed by atoms with Gasteiger partial charge in [0.1, 0.15) is 0 Å². The van der Waals surface area contributed by atoms with Crippen molar-refractivity contribution in [2.24, 2.45) is 0 Å². The van der Waals surface area contributed by atoms with E-state index in [0.717, 1.165) is 22.5 Å². The lowest BCUT2D eigenvalue weighted by Crippen LogP contribution is -2.24. The fourth-order valence-corrected chi connectivity index (χ4v) is 2.55. The minimum absolute atomic E-state index is 0.00287. The number of alkyl halides is 3. The molecular formula is C15H19ClF3N5O. The molecule has 6 nitrogen and oxygen atoms in total. The molecule has 1 amide bonds. The van der Waals surface area contributed by atoms with Crippen LogP contribution in [-0.2, 0) is 30.6 Å². The van der Waals surface area contributed by atoms with Crippen LogP contribution < -0.4 is 5.32 Å². The lowest BCUT2D eigenvalue weighted by molar-refractivity contribution is -0.141. The summed E-state index contributed by atoms with van der Waals surface area (Å²) >= 11 is 5.68. The number of rotatable bonds is 6. The minimum Gasteiger partial charge on any atom is -0.352 e. The molecule has 0 unspecified atom stereocenters. The summed E-state index contributed by atoms with van der Waals surface area (Å²) in [7, 11) is 0. The van der Waals surface area contributed by atoms with Crippen molar-refractivity contribution in [3.63, 3.8) is 0 Å². The second kappa shape index (κ2) is 7.47. The molecule has 138 valence electrons. The van der Waals surface area contributed by atoms with Crippen molar-refractivity contribution in [2.75, 3.05) is 0 Å². The molecule has 0 radical (unpaired) electrons. The Kier molecular flexibility index (Phi) is 5.76. The predicted molar refractivity (Wildman–Crippen MR) is 86.1 cm³/mol. The lowest BCUT2D eigenvalue weighted by atomic mass is 10.2. The first-order chi connectivity index (χ1) is 11.6. The molecule has 0 aliphatic heterocycles. The summed E-state index contributed by atoms with van der Waals surface area (Å²) in [6.45, 7) is 6.31. The van der Waals surface area contributed by atoms with Crippen molar-refractivity contribution < 1.29 is 18.0 Å². The summed E-state index contributed by atoms with van der Waals surface area (Å²) in [6.07, 6.45) is -2.77. The zero-order valence-corrected chi connectivity index (χ0v) is 14.9. The second-order valence-corrected chi connectivity index (χ2v) is 5.97. The summed E-state index contributed by atoms with van der Waals surface area (Å²) in [5, 5.41) is 10.0. The predicted octanol–water partition coefficient (Wildman–Crippen LogP) is 3.10. The van der Waals surface area contributed by atoms with Crippen molar-refractivity contribution in [1.29, 1.82) is 0 Å². The zero-order chi connectivity index (χ0) is 18.8. The van der Waals surface area contributed by atoms with E-state index in [0.29, 0.717) is 6.54 Å². The number of hydrogen-bond acceptors (Lipinski definition) is 3. The van der Waals surface area contributed by atoms with E-state index in [4.69, 9.17) is 11.6 Å².